The Hall–Kier alpha value is -1.10. The summed E-state index contributed by atoms with van der Waals surface area (Å²) in [6, 6.07) is 0.121. The molecular formula is C14H23N3OS. The molecular weight excluding hydrogens is 258 g/mol. The fraction of sp³-hybridized carbons (Fsp3) is 0.714. The smallest absolute Gasteiger partial charge is 0.321 e. The number of carbonyl (C=O) groups excluding carboxylic acids is 1. The molecule has 0 fully saturated rings. The van der Waals surface area contributed by atoms with Gasteiger partial charge in [0.05, 0.1) is 5.69 Å². The topological polar surface area (TPSA) is 54.0 Å². The minimum atomic E-state index is -0.127. The van der Waals surface area contributed by atoms with Crippen molar-refractivity contribution in [2.75, 3.05) is 5.32 Å². The van der Waals surface area contributed by atoms with E-state index in [0.29, 0.717) is 0 Å². The summed E-state index contributed by atoms with van der Waals surface area (Å²) < 4.78 is 0. The lowest BCUT2D eigenvalue weighted by molar-refractivity contribution is 0.247. The Balaban J connectivity index is 1.94. The van der Waals surface area contributed by atoms with Crippen LogP contribution in [0.15, 0.2) is 0 Å². The van der Waals surface area contributed by atoms with Gasteiger partial charge in [0.25, 0.3) is 0 Å². The van der Waals surface area contributed by atoms with Crippen molar-refractivity contribution < 1.29 is 4.79 Å². The summed E-state index contributed by atoms with van der Waals surface area (Å²) in [5.41, 5.74) is 1.19. The lowest BCUT2D eigenvalue weighted by Gasteiger charge is -2.14. The number of carbonyl (C=O) groups is 1. The second-order valence-corrected chi connectivity index (χ2v) is 6.15. The predicted octanol–water partition coefficient (Wildman–Crippen LogP) is 3.72. The van der Waals surface area contributed by atoms with E-state index in [2.05, 4.69) is 29.5 Å². The molecule has 106 valence electrons. The van der Waals surface area contributed by atoms with Gasteiger partial charge in [0.2, 0.25) is 0 Å². The molecule has 0 atom stereocenters. The van der Waals surface area contributed by atoms with Gasteiger partial charge in [-0.25, -0.2) is 9.78 Å². The quantitative estimate of drug-likeness (QED) is 0.826. The molecule has 1 heterocycles. The van der Waals surface area contributed by atoms with E-state index in [4.69, 9.17) is 0 Å². The van der Waals surface area contributed by atoms with Gasteiger partial charge in [-0.05, 0) is 38.5 Å². The van der Waals surface area contributed by atoms with Crippen LogP contribution in [-0.2, 0) is 12.8 Å². The van der Waals surface area contributed by atoms with Gasteiger partial charge in [0.1, 0.15) is 0 Å². The van der Waals surface area contributed by atoms with Crippen molar-refractivity contribution >= 4 is 22.5 Å². The maximum atomic E-state index is 11.9. The zero-order valence-electron chi connectivity index (χ0n) is 11.8. The highest BCUT2D eigenvalue weighted by molar-refractivity contribution is 7.15. The normalized spacial score (nSPS) is 14.9. The number of hydrogen-bond donors (Lipinski definition) is 2. The fourth-order valence-electron chi connectivity index (χ4n) is 2.39. The molecule has 1 aromatic heterocycles. The molecule has 2 rings (SSSR count). The number of nitrogens with zero attached hydrogens (tertiary/aromatic N) is 1. The molecule has 1 aliphatic rings. The summed E-state index contributed by atoms with van der Waals surface area (Å²) in [5.74, 6) is 0. The van der Waals surface area contributed by atoms with Crippen LogP contribution in [0.25, 0.3) is 0 Å². The van der Waals surface area contributed by atoms with Gasteiger partial charge in [-0.1, -0.05) is 20.3 Å². The molecule has 4 nitrogen and oxygen atoms in total. The van der Waals surface area contributed by atoms with E-state index in [0.717, 1.165) is 30.8 Å². The number of urea groups is 1. The first-order valence-electron chi connectivity index (χ1n) is 7.29. The Morgan fingerprint density at radius 1 is 1.26 bits per heavy atom. The number of anilines is 1. The molecule has 0 aromatic carbocycles. The maximum Gasteiger partial charge on any atom is 0.321 e. The lowest BCUT2D eigenvalue weighted by Crippen LogP contribution is -2.37. The van der Waals surface area contributed by atoms with Crippen molar-refractivity contribution in [1.82, 2.24) is 10.3 Å². The molecule has 19 heavy (non-hydrogen) atoms. The molecule has 1 aromatic rings. The highest BCUT2D eigenvalue weighted by Crippen LogP contribution is 2.28. The number of rotatable bonds is 4. The van der Waals surface area contributed by atoms with Crippen LogP contribution in [0.1, 0.15) is 56.5 Å². The highest BCUT2D eigenvalue weighted by atomic mass is 32.1. The molecule has 0 saturated carbocycles. The van der Waals surface area contributed by atoms with Crippen molar-refractivity contribution in [2.24, 2.45) is 0 Å². The first-order chi connectivity index (χ1) is 9.22. The van der Waals surface area contributed by atoms with Crippen LogP contribution in [-0.4, -0.2) is 17.1 Å². The molecule has 0 bridgehead atoms. The van der Waals surface area contributed by atoms with Crippen LogP contribution in [0, 0.1) is 0 Å². The van der Waals surface area contributed by atoms with Gasteiger partial charge >= 0.3 is 6.03 Å². The standard InChI is InChI=1S/C14H23N3OS/c1-3-10(4-2)15-13(18)17-14-16-11-8-6-5-7-9-12(11)19-14/h10H,3-9H2,1-2H3,(H2,15,16,17,18). The van der Waals surface area contributed by atoms with E-state index in [9.17, 15) is 4.79 Å². The van der Waals surface area contributed by atoms with Crippen LogP contribution >= 0.6 is 11.3 Å². The average molecular weight is 281 g/mol. The zero-order valence-corrected chi connectivity index (χ0v) is 12.6. The summed E-state index contributed by atoms with van der Waals surface area (Å²) in [5, 5.41) is 6.60. The van der Waals surface area contributed by atoms with Crippen LogP contribution < -0.4 is 10.6 Å². The van der Waals surface area contributed by atoms with E-state index in [1.807, 2.05) is 0 Å². The van der Waals surface area contributed by atoms with Crippen LogP contribution in [0.2, 0.25) is 0 Å². The van der Waals surface area contributed by atoms with Gasteiger partial charge < -0.3 is 5.32 Å². The molecule has 0 aliphatic heterocycles. The molecule has 0 spiro atoms. The van der Waals surface area contributed by atoms with E-state index < -0.39 is 0 Å². The summed E-state index contributed by atoms with van der Waals surface area (Å²) in [6.45, 7) is 4.17. The van der Waals surface area contributed by atoms with Crippen LogP contribution in [0.5, 0.6) is 0 Å². The number of aromatic nitrogens is 1. The summed E-state index contributed by atoms with van der Waals surface area (Å²) in [4.78, 5) is 17.8. The lowest BCUT2D eigenvalue weighted by atomic mass is 10.2. The summed E-state index contributed by atoms with van der Waals surface area (Å²) in [6.07, 6.45) is 7.84. The minimum Gasteiger partial charge on any atom is -0.335 e. The molecule has 2 N–H and O–H groups in total. The third-order valence-corrected chi connectivity index (χ3v) is 4.71. The van der Waals surface area contributed by atoms with Crippen molar-refractivity contribution in [3.05, 3.63) is 10.6 Å². The monoisotopic (exact) mass is 281 g/mol. The molecule has 2 amide bonds. The fourth-order valence-corrected chi connectivity index (χ4v) is 3.44. The SMILES string of the molecule is CCC(CC)NC(=O)Nc1nc2c(s1)CCCCC2. The third-order valence-electron chi connectivity index (χ3n) is 3.64. The van der Waals surface area contributed by atoms with E-state index in [1.165, 1.54) is 29.8 Å². The second kappa shape index (κ2) is 6.89. The van der Waals surface area contributed by atoms with Gasteiger partial charge in [0.15, 0.2) is 5.13 Å². The van der Waals surface area contributed by atoms with Gasteiger partial charge in [-0.15, -0.1) is 11.3 Å². The Kier molecular flexibility index (Phi) is 5.19. The number of thiazole rings is 1. The van der Waals surface area contributed by atoms with Crippen LogP contribution in [0.3, 0.4) is 0 Å². The highest BCUT2D eigenvalue weighted by Gasteiger charge is 2.16. The molecule has 0 saturated heterocycles. The Morgan fingerprint density at radius 2 is 2.00 bits per heavy atom. The number of hydrogen-bond acceptors (Lipinski definition) is 3. The predicted molar refractivity (Wildman–Crippen MR) is 79.9 cm³/mol. The van der Waals surface area contributed by atoms with Gasteiger partial charge in [-0.3, -0.25) is 5.32 Å². The number of fused-ring (bicyclic) bond motifs is 1. The Morgan fingerprint density at radius 3 is 2.74 bits per heavy atom. The number of amides is 2. The minimum absolute atomic E-state index is 0.127. The Labute approximate surface area is 119 Å². The van der Waals surface area contributed by atoms with Crippen LogP contribution in [0.4, 0.5) is 9.93 Å². The van der Waals surface area contributed by atoms with E-state index >= 15 is 0 Å². The first-order valence-corrected chi connectivity index (χ1v) is 8.10. The van der Waals surface area contributed by atoms with E-state index in [1.54, 1.807) is 11.3 Å². The number of nitrogens with one attached hydrogen (secondary N) is 2. The summed E-state index contributed by atoms with van der Waals surface area (Å²) >= 11 is 1.64. The van der Waals surface area contributed by atoms with Crippen molar-refractivity contribution in [3.63, 3.8) is 0 Å². The Bertz CT molecular complexity index is 403. The molecule has 1 aliphatic carbocycles. The number of aryl methyl sites for hydroxylation is 2. The summed E-state index contributed by atoms with van der Waals surface area (Å²) in [7, 11) is 0. The molecule has 5 heteroatoms. The van der Waals surface area contributed by atoms with E-state index in [-0.39, 0.29) is 12.1 Å². The largest absolute Gasteiger partial charge is 0.335 e. The zero-order chi connectivity index (χ0) is 13.7. The maximum absolute atomic E-state index is 11.9. The van der Waals surface area contributed by atoms with Crippen molar-refractivity contribution in [2.45, 2.75) is 64.8 Å². The molecule has 0 radical (unpaired) electrons. The van der Waals surface area contributed by atoms with Crippen molar-refractivity contribution in [1.29, 1.82) is 0 Å². The second-order valence-electron chi connectivity index (χ2n) is 5.06. The third kappa shape index (κ3) is 3.93. The van der Waals surface area contributed by atoms with Gasteiger partial charge in [-0.2, -0.15) is 0 Å². The first kappa shape index (κ1) is 14.3. The molecule has 0 unspecified atom stereocenters. The van der Waals surface area contributed by atoms with Gasteiger partial charge in [0, 0.05) is 10.9 Å². The average Bonchev–Trinajstić information content (AvgIpc) is 2.64. The van der Waals surface area contributed by atoms with Crippen molar-refractivity contribution in [3.8, 4) is 0 Å².